The Hall–Kier alpha value is -1.68. The van der Waals surface area contributed by atoms with Crippen molar-refractivity contribution in [1.29, 1.82) is 0 Å². The molecule has 28 heavy (non-hydrogen) atoms. The van der Waals surface area contributed by atoms with Crippen LogP contribution in [0.4, 0.5) is 5.69 Å². The van der Waals surface area contributed by atoms with Gasteiger partial charge in [0.05, 0.1) is 0 Å². The maximum Gasteiger partial charge on any atom is 0.242 e. The van der Waals surface area contributed by atoms with Crippen molar-refractivity contribution in [3.8, 4) is 0 Å². The van der Waals surface area contributed by atoms with Crippen LogP contribution in [0, 0.1) is 23.2 Å². The monoisotopic (exact) mass is 384 g/mol. The second kappa shape index (κ2) is 8.36. The van der Waals surface area contributed by atoms with E-state index in [1.54, 1.807) is 0 Å². The van der Waals surface area contributed by atoms with Crippen LogP contribution in [0.3, 0.4) is 0 Å². The Balaban J connectivity index is 1.93. The molecular weight excluding hydrogens is 348 g/mol. The number of carbonyl (C=O) groups is 2. The number of anilines is 1. The first-order chi connectivity index (χ1) is 13.3. The van der Waals surface area contributed by atoms with Crippen LogP contribution in [0.2, 0.25) is 0 Å². The lowest BCUT2D eigenvalue weighted by molar-refractivity contribution is -0.137. The Kier molecular flexibility index (Phi) is 6.28. The van der Waals surface area contributed by atoms with Gasteiger partial charge >= 0.3 is 0 Å². The number of benzene rings is 1. The van der Waals surface area contributed by atoms with Gasteiger partial charge in [0.1, 0.15) is 5.92 Å². The number of ketones is 1. The molecule has 1 aliphatic heterocycles. The summed E-state index contributed by atoms with van der Waals surface area (Å²) in [5, 5.41) is 0. The molecule has 0 bridgehead atoms. The van der Waals surface area contributed by atoms with E-state index >= 15 is 0 Å². The molecule has 154 valence electrons. The van der Waals surface area contributed by atoms with E-state index in [1.165, 1.54) is 6.42 Å². The van der Waals surface area contributed by atoms with Gasteiger partial charge in [-0.2, -0.15) is 0 Å². The molecule has 1 amide bonds. The fraction of sp³-hybridized carbons (Fsp3) is 0.667. The highest BCUT2D eigenvalue weighted by Gasteiger charge is 2.50. The van der Waals surface area contributed by atoms with E-state index < -0.39 is 5.92 Å². The van der Waals surface area contributed by atoms with Crippen molar-refractivity contribution in [2.75, 3.05) is 18.0 Å². The number of hydrogen-bond acceptors (Lipinski definition) is 3. The van der Waals surface area contributed by atoms with Gasteiger partial charge in [-0.1, -0.05) is 52.3 Å². The first-order valence-corrected chi connectivity index (χ1v) is 10.9. The molecular formula is C24H36N2O2. The average Bonchev–Trinajstić information content (AvgIpc) is 2.95. The van der Waals surface area contributed by atoms with Gasteiger partial charge in [-0.15, -0.1) is 0 Å². The second-order valence-corrected chi connectivity index (χ2v) is 9.47. The molecule has 0 radical (unpaired) electrons. The molecule has 2 aliphatic rings. The normalized spacial score (nSPS) is 30.0. The van der Waals surface area contributed by atoms with E-state index in [1.807, 2.05) is 29.2 Å². The van der Waals surface area contributed by atoms with E-state index in [9.17, 15) is 9.59 Å². The average molecular weight is 385 g/mol. The number of unbranched alkanes of at least 4 members (excludes halogenated alkanes) is 1. The smallest absolute Gasteiger partial charge is 0.242 e. The fourth-order valence-electron chi connectivity index (χ4n) is 5.16. The van der Waals surface area contributed by atoms with E-state index in [0.29, 0.717) is 24.9 Å². The van der Waals surface area contributed by atoms with Crippen molar-refractivity contribution in [3.05, 3.63) is 29.8 Å². The summed E-state index contributed by atoms with van der Waals surface area (Å²) in [5.74, 6) is 0.369. The van der Waals surface area contributed by atoms with Crippen LogP contribution >= 0.6 is 0 Å². The third-order valence-corrected chi connectivity index (χ3v) is 7.44. The zero-order valence-electron chi connectivity index (χ0n) is 17.9. The predicted molar refractivity (Wildman–Crippen MR) is 114 cm³/mol. The lowest BCUT2D eigenvalue weighted by atomic mass is 9.57. The lowest BCUT2D eigenvalue weighted by Crippen LogP contribution is -2.45. The van der Waals surface area contributed by atoms with Crippen LogP contribution in [0.5, 0.6) is 0 Å². The molecule has 3 rings (SSSR count). The van der Waals surface area contributed by atoms with Crippen molar-refractivity contribution in [1.82, 2.24) is 0 Å². The van der Waals surface area contributed by atoms with Crippen LogP contribution in [0.25, 0.3) is 0 Å². The van der Waals surface area contributed by atoms with E-state index in [2.05, 4.69) is 27.7 Å². The largest absolute Gasteiger partial charge is 0.330 e. The standard InChI is InChI=1S/C24H36N2O2/c1-16(2)24(4)12-11-17(3)15-19(24)22(27)21-18-9-5-6-10-20(18)26(23(21)28)14-8-7-13-25/h5-6,9-10,16-17,19,21H,7-8,11-15,25H2,1-4H3/t17-,19+,21?,24-/m1/s1. The molecule has 1 aromatic rings. The van der Waals surface area contributed by atoms with Gasteiger partial charge in [-0.05, 0) is 61.1 Å². The molecule has 1 aromatic carbocycles. The molecule has 2 N–H and O–H groups in total. The van der Waals surface area contributed by atoms with E-state index in [-0.39, 0.29) is 23.0 Å². The third kappa shape index (κ3) is 3.63. The number of hydrogen-bond donors (Lipinski definition) is 1. The molecule has 0 saturated heterocycles. The van der Waals surface area contributed by atoms with Crippen LogP contribution in [0.1, 0.15) is 71.3 Å². The molecule has 0 aromatic heterocycles. The van der Waals surface area contributed by atoms with Gasteiger partial charge in [0.25, 0.3) is 0 Å². The minimum absolute atomic E-state index is 0.0347. The predicted octanol–water partition coefficient (Wildman–Crippen LogP) is 4.52. The van der Waals surface area contributed by atoms with Gasteiger partial charge in [0.2, 0.25) is 5.91 Å². The van der Waals surface area contributed by atoms with Crippen LogP contribution in [-0.2, 0) is 9.59 Å². The minimum Gasteiger partial charge on any atom is -0.330 e. The number of para-hydroxylation sites is 1. The molecule has 0 spiro atoms. The number of Topliss-reactive ketones (excluding diaryl/α,β-unsaturated/α-hetero) is 1. The summed E-state index contributed by atoms with van der Waals surface area (Å²) >= 11 is 0. The first-order valence-electron chi connectivity index (χ1n) is 10.9. The van der Waals surface area contributed by atoms with Crippen LogP contribution in [0.15, 0.2) is 24.3 Å². The summed E-state index contributed by atoms with van der Waals surface area (Å²) in [6.07, 6.45) is 4.87. The number of nitrogens with zero attached hydrogens (tertiary/aromatic N) is 1. The van der Waals surface area contributed by atoms with Crippen LogP contribution < -0.4 is 10.6 Å². The molecule has 1 heterocycles. The zero-order chi connectivity index (χ0) is 20.5. The van der Waals surface area contributed by atoms with Crippen molar-refractivity contribution < 1.29 is 9.59 Å². The molecule has 1 unspecified atom stereocenters. The number of rotatable bonds is 7. The summed E-state index contributed by atoms with van der Waals surface area (Å²) in [7, 11) is 0. The molecule has 4 nitrogen and oxygen atoms in total. The van der Waals surface area contributed by atoms with Gasteiger partial charge in [0, 0.05) is 18.2 Å². The zero-order valence-corrected chi connectivity index (χ0v) is 17.9. The van der Waals surface area contributed by atoms with Gasteiger partial charge in [-0.3, -0.25) is 9.59 Å². The SMILES string of the molecule is CC(C)[C@@]1(C)CC[C@@H](C)C[C@H]1C(=O)C1C(=O)N(CCCCN)c2ccccc21. The Morgan fingerprint density at radius 3 is 2.68 bits per heavy atom. The topological polar surface area (TPSA) is 63.4 Å². The number of amides is 1. The first kappa shape index (κ1) is 21.0. The highest BCUT2D eigenvalue weighted by molar-refractivity contribution is 6.18. The Morgan fingerprint density at radius 2 is 2.00 bits per heavy atom. The van der Waals surface area contributed by atoms with Crippen molar-refractivity contribution in [2.24, 2.45) is 28.9 Å². The molecule has 4 heteroatoms. The van der Waals surface area contributed by atoms with Gasteiger partial charge in [-0.25, -0.2) is 0 Å². The Bertz CT molecular complexity index is 729. The third-order valence-electron chi connectivity index (χ3n) is 7.44. The van der Waals surface area contributed by atoms with Crippen LogP contribution in [-0.4, -0.2) is 24.8 Å². The van der Waals surface area contributed by atoms with Crippen molar-refractivity contribution in [2.45, 2.75) is 65.7 Å². The number of carbonyl (C=O) groups excluding carboxylic acids is 2. The summed E-state index contributed by atoms with van der Waals surface area (Å²) in [6.45, 7) is 10.2. The fourth-order valence-corrected chi connectivity index (χ4v) is 5.16. The quantitative estimate of drug-likeness (QED) is 0.555. The summed E-state index contributed by atoms with van der Waals surface area (Å²) in [6, 6.07) is 7.85. The molecule has 1 aliphatic carbocycles. The lowest BCUT2D eigenvalue weighted by Gasteiger charge is -2.46. The van der Waals surface area contributed by atoms with Gasteiger partial charge in [0.15, 0.2) is 5.78 Å². The van der Waals surface area contributed by atoms with Crippen molar-refractivity contribution in [3.63, 3.8) is 0 Å². The summed E-state index contributed by atoms with van der Waals surface area (Å²) in [5.41, 5.74) is 7.41. The maximum absolute atomic E-state index is 13.8. The molecule has 1 saturated carbocycles. The molecule has 1 fully saturated rings. The summed E-state index contributed by atoms with van der Waals surface area (Å²) in [4.78, 5) is 29.1. The number of fused-ring (bicyclic) bond motifs is 1. The highest BCUT2D eigenvalue weighted by Crippen LogP contribution is 2.51. The Labute approximate surface area is 169 Å². The van der Waals surface area contributed by atoms with E-state index in [4.69, 9.17) is 5.73 Å². The number of nitrogens with two attached hydrogens (primary N) is 1. The summed E-state index contributed by atoms with van der Waals surface area (Å²) < 4.78 is 0. The Morgan fingerprint density at radius 1 is 1.29 bits per heavy atom. The van der Waals surface area contributed by atoms with E-state index in [0.717, 1.165) is 36.9 Å². The van der Waals surface area contributed by atoms with Crippen molar-refractivity contribution >= 4 is 17.4 Å². The highest BCUT2D eigenvalue weighted by atomic mass is 16.2. The minimum atomic E-state index is -0.637. The van der Waals surface area contributed by atoms with Gasteiger partial charge < -0.3 is 10.6 Å². The maximum atomic E-state index is 13.8. The second-order valence-electron chi connectivity index (χ2n) is 9.47. The molecule has 4 atom stereocenters.